The summed E-state index contributed by atoms with van der Waals surface area (Å²) in [4.78, 5) is 0. The van der Waals surface area contributed by atoms with Gasteiger partial charge in [-0.15, -0.1) is 0 Å². The smallest absolute Gasteiger partial charge is 0.0972 e. The van der Waals surface area contributed by atoms with E-state index in [4.69, 9.17) is 0 Å². The molecule has 0 unspecified atom stereocenters. The van der Waals surface area contributed by atoms with Crippen molar-refractivity contribution in [1.29, 1.82) is 0 Å². The third-order valence-corrected chi connectivity index (χ3v) is 5.82. The van der Waals surface area contributed by atoms with E-state index in [0.717, 1.165) is 16.7 Å². The Bertz CT molecular complexity index is 1110. The molecule has 0 atom stereocenters. The normalized spacial score (nSPS) is 16.3. The summed E-state index contributed by atoms with van der Waals surface area (Å²) in [6, 6.07) is 25.4. The quantitative estimate of drug-likeness (QED) is 0.475. The number of rotatable bonds is 2. The molecule has 0 fully saturated rings. The maximum absolute atomic E-state index is 14.3. The van der Waals surface area contributed by atoms with Crippen molar-refractivity contribution in [3.63, 3.8) is 0 Å². The second-order valence-corrected chi connectivity index (χ2v) is 7.15. The fourth-order valence-electron chi connectivity index (χ4n) is 4.96. The summed E-state index contributed by atoms with van der Waals surface area (Å²) in [5, 5.41) is 0. The third kappa shape index (κ3) is 1.92. The van der Waals surface area contributed by atoms with E-state index in [0.29, 0.717) is 0 Å². The molecule has 3 aromatic rings. The number of hydrogen-bond donors (Lipinski definition) is 0. The molecule has 5 rings (SSSR count). The molecule has 0 heterocycles. The van der Waals surface area contributed by atoms with Crippen molar-refractivity contribution >= 4 is 5.57 Å². The SMILES string of the molecule is C=CC1=C(/C=C(\C)F)C2(c3ccccc31)c1ccccc1-c1ccccc12. The molecule has 27 heavy (non-hydrogen) atoms. The van der Waals surface area contributed by atoms with E-state index in [2.05, 4.69) is 73.3 Å². The highest BCUT2D eigenvalue weighted by atomic mass is 19.1. The van der Waals surface area contributed by atoms with Crippen molar-refractivity contribution in [1.82, 2.24) is 0 Å². The van der Waals surface area contributed by atoms with E-state index in [9.17, 15) is 4.39 Å². The minimum Gasteiger partial charge on any atom is -0.212 e. The van der Waals surface area contributed by atoms with E-state index in [1.54, 1.807) is 6.08 Å². The van der Waals surface area contributed by atoms with Crippen molar-refractivity contribution < 1.29 is 4.39 Å². The lowest BCUT2D eigenvalue weighted by molar-refractivity contribution is 0.635. The standard InChI is InChI=1S/C26H19F/c1-3-18-19-10-4-7-13-22(19)26(25(18)16-17(2)27)23-14-8-5-11-20(23)21-12-6-9-15-24(21)26/h3-16H,1H2,2H3/b17-16+. The fourth-order valence-corrected chi connectivity index (χ4v) is 4.96. The number of allylic oxidation sites excluding steroid dienone is 5. The molecule has 1 spiro atoms. The van der Waals surface area contributed by atoms with E-state index in [1.807, 2.05) is 12.1 Å². The molecule has 0 aliphatic heterocycles. The maximum atomic E-state index is 14.3. The lowest BCUT2D eigenvalue weighted by Gasteiger charge is -2.31. The highest BCUT2D eigenvalue weighted by Crippen LogP contribution is 2.62. The zero-order valence-electron chi connectivity index (χ0n) is 15.2. The Balaban J connectivity index is 2.03. The molecule has 0 bridgehead atoms. The van der Waals surface area contributed by atoms with Crippen LogP contribution in [0.4, 0.5) is 4.39 Å². The van der Waals surface area contributed by atoms with E-state index in [1.165, 1.54) is 34.7 Å². The summed E-state index contributed by atoms with van der Waals surface area (Å²) in [6.07, 6.45) is 3.56. The van der Waals surface area contributed by atoms with Gasteiger partial charge in [0.2, 0.25) is 0 Å². The summed E-state index contributed by atoms with van der Waals surface area (Å²) in [6.45, 7) is 5.57. The highest BCUT2D eigenvalue weighted by molar-refractivity contribution is 5.97. The molecule has 0 aromatic heterocycles. The molecule has 0 radical (unpaired) electrons. The molecule has 3 aromatic carbocycles. The van der Waals surface area contributed by atoms with Crippen molar-refractivity contribution in [2.75, 3.05) is 0 Å². The Morgan fingerprint density at radius 1 is 0.778 bits per heavy atom. The average Bonchev–Trinajstić information content (AvgIpc) is 3.14. The Morgan fingerprint density at radius 3 is 1.70 bits per heavy atom. The van der Waals surface area contributed by atoms with Gasteiger partial charge in [0.1, 0.15) is 0 Å². The van der Waals surface area contributed by atoms with E-state index < -0.39 is 5.41 Å². The molecule has 130 valence electrons. The van der Waals surface area contributed by atoms with Gasteiger partial charge in [-0.3, -0.25) is 0 Å². The highest BCUT2D eigenvalue weighted by Gasteiger charge is 2.51. The molecule has 0 saturated carbocycles. The van der Waals surface area contributed by atoms with Crippen LogP contribution in [0.3, 0.4) is 0 Å². The largest absolute Gasteiger partial charge is 0.212 e. The van der Waals surface area contributed by atoms with Gasteiger partial charge in [-0.05, 0) is 57.5 Å². The lowest BCUT2D eigenvalue weighted by atomic mass is 9.69. The summed E-state index contributed by atoms with van der Waals surface area (Å²) in [5.74, 6) is -0.196. The predicted molar refractivity (Wildman–Crippen MR) is 110 cm³/mol. The van der Waals surface area contributed by atoms with Gasteiger partial charge in [-0.2, -0.15) is 0 Å². The lowest BCUT2D eigenvalue weighted by Crippen LogP contribution is -2.26. The Morgan fingerprint density at radius 2 is 1.22 bits per heavy atom. The molecule has 1 heteroatoms. The van der Waals surface area contributed by atoms with Crippen LogP contribution in [0.1, 0.15) is 29.2 Å². The molecule has 0 nitrogen and oxygen atoms in total. The van der Waals surface area contributed by atoms with Crippen LogP contribution >= 0.6 is 0 Å². The number of halogens is 1. The van der Waals surface area contributed by atoms with Gasteiger partial charge in [0.15, 0.2) is 0 Å². The number of hydrogen-bond acceptors (Lipinski definition) is 0. The fraction of sp³-hybridized carbons (Fsp3) is 0.0769. The summed E-state index contributed by atoms with van der Waals surface area (Å²) < 4.78 is 14.3. The van der Waals surface area contributed by atoms with Gasteiger partial charge in [0.05, 0.1) is 11.2 Å². The summed E-state index contributed by atoms with van der Waals surface area (Å²) in [5.41, 5.74) is 8.67. The third-order valence-electron chi connectivity index (χ3n) is 5.82. The van der Waals surface area contributed by atoms with Crippen LogP contribution in [-0.4, -0.2) is 0 Å². The first kappa shape index (κ1) is 16.0. The molecule has 0 N–H and O–H groups in total. The van der Waals surface area contributed by atoms with Crippen molar-refractivity contribution in [2.24, 2.45) is 0 Å². The van der Waals surface area contributed by atoms with E-state index in [-0.39, 0.29) is 5.83 Å². The van der Waals surface area contributed by atoms with Crippen LogP contribution in [0.2, 0.25) is 0 Å². The first-order valence-corrected chi connectivity index (χ1v) is 9.20. The van der Waals surface area contributed by atoms with Gasteiger partial charge in [-0.1, -0.05) is 85.5 Å². The average molecular weight is 350 g/mol. The molecule has 2 aliphatic rings. The van der Waals surface area contributed by atoms with Crippen LogP contribution in [0.25, 0.3) is 16.7 Å². The van der Waals surface area contributed by atoms with Crippen molar-refractivity contribution in [2.45, 2.75) is 12.3 Å². The topological polar surface area (TPSA) is 0 Å². The number of fused-ring (bicyclic) bond motifs is 7. The van der Waals surface area contributed by atoms with Crippen LogP contribution in [0.15, 0.2) is 103 Å². The zero-order valence-corrected chi connectivity index (χ0v) is 15.2. The Kier molecular flexibility index (Phi) is 3.35. The van der Waals surface area contributed by atoms with Crippen LogP contribution in [0.5, 0.6) is 0 Å². The van der Waals surface area contributed by atoms with Gasteiger partial charge in [-0.25, -0.2) is 4.39 Å². The minimum absolute atomic E-state index is 0.196. The van der Waals surface area contributed by atoms with Crippen LogP contribution in [0, 0.1) is 0 Å². The number of benzene rings is 3. The predicted octanol–water partition coefficient (Wildman–Crippen LogP) is 6.83. The van der Waals surface area contributed by atoms with Crippen LogP contribution < -0.4 is 0 Å². The van der Waals surface area contributed by atoms with Gasteiger partial charge in [0, 0.05) is 0 Å². The second-order valence-electron chi connectivity index (χ2n) is 7.15. The second kappa shape index (κ2) is 5.65. The zero-order chi connectivity index (χ0) is 18.6. The van der Waals surface area contributed by atoms with Gasteiger partial charge in [0.25, 0.3) is 0 Å². The molecule has 0 amide bonds. The molecule has 2 aliphatic carbocycles. The van der Waals surface area contributed by atoms with E-state index >= 15 is 0 Å². The Hall–Kier alpha value is -3.19. The minimum atomic E-state index is -0.499. The summed E-state index contributed by atoms with van der Waals surface area (Å²) >= 11 is 0. The van der Waals surface area contributed by atoms with Crippen molar-refractivity contribution in [3.05, 3.63) is 125 Å². The van der Waals surface area contributed by atoms with Gasteiger partial charge >= 0.3 is 0 Å². The monoisotopic (exact) mass is 350 g/mol. The summed E-state index contributed by atoms with van der Waals surface area (Å²) in [7, 11) is 0. The molecular weight excluding hydrogens is 331 g/mol. The first-order chi connectivity index (χ1) is 13.2. The molecule has 0 saturated heterocycles. The van der Waals surface area contributed by atoms with Crippen LogP contribution in [-0.2, 0) is 5.41 Å². The molecular formula is C26H19F. The maximum Gasteiger partial charge on any atom is 0.0972 e. The van der Waals surface area contributed by atoms with Gasteiger partial charge < -0.3 is 0 Å². The first-order valence-electron chi connectivity index (χ1n) is 9.20. The Labute approximate surface area is 159 Å². The van der Waals surface area contributed by atoms with Crippen molar-refractivity contribution in [3.8, 4) is 11.1 Å².